The predicted molar refractivity (Wildman–Crippen MR) is 53.2 cm³/mol. The second kappa shape index (κ2) is 2.90. The molecule has 2 saturated heterocycles. The fourth-order valence-electron chi connectivity index (χ4n) is 0.476. The average Bonchev–Trinajstić information content (AvgIpc) is 2.72. The fourth-order valence-corrected chi connectivity index (χ4v) is 25.6. The van der Waals surface area contributed by atoms with Gasteiger partial charge in [0.25, 0.3) is 0 Å². The number of rotatable bonds is 3. The first kappa shape index (κ1) is 8.86. The predicted octanol–water partition coefficient (Wildman–Crippen LogP) is 1.24. The first-order valence-corrected chi connectivity index (χ1v) is 14.9. The third-order valence-corrected chi connectivity index (χ3v) is 31.2. The van der Waals surface area contributed by atoms with Gasteiger partial charge in [0.15, 0.2) is 0 Å². The van der Waals surface area contributed by atoms with Crippen LogP contribution in [-0.2, 0) is 0 Å². The fraction of sp³-hybridized carbons (Fsp3) is 1.00. The van der Waals surface area contributed by atoms with Crippen LogP contribution >= 0.6 is 23.5 Å². The van der Waals surface area contributed by atoms with Gasteiger partial charge in [0.2, 0.25) is 0 Å². The summed E-state index contributed by atoms with van der Waals surface area (Å²) in [7, 11) is 0. The van der Waals surface area contributed by atoms with E-state index in [0.717, 1.165) is 5.59 Å². The van der Waals surface area contributed by atoms with E-state index in [1.165, 1.54) is 11.5 Å². The van der Waals surface area contributed by atoms with Crippen molar-refractivity contribution in [2.24, 2.45) is 0 Å². The molecule has 2 aliphatic rings. The number of hydrogen-bond acceptors (Lipinski definition) is 2. The van der Waals surface area contributed by atoms with Crippen molar-refractivity contribution in [3.8, 4) is 0 Å². The SMILES string of the molecule is CC1([Te][Te]C2(C)CS2)CS1. The van der Waals surface area contributed by atoms with Gasteiger partial charge in [-0.25, -0.2) is 0 Å². The molecule has 4 heteroatoms. The Morgan fingerprint density at radius 1 is 1.00 bits per heavy atom. The maximum absolute atomic E-state index is 2.49. The molecule has 10 heavy (non-hydrogen) atoms. The average molecular weight is 401 g/mol. The van der Waals surface area contributed by atoms with E-state index >= 15 is 0 Å². The molecule has 0 amide bonds. The third-order valence-electron chi connectivity index (χ3n) is 1.50. The van der Waals surface area contributed by atoms with E-state index in [0.29, 0.717) is 34.1 Å². The van der Waals surface area contributed by atoms with Crippen molar-refractivity contribution in [1.82, 2.24) is 0 Å². The van der Waals surface area contributed by atoms with Gasteiger partial charge in [-0.3, -0.25) is 0 Å². The van der Waals surface area contributed by atoms with Gasteiger partial charge < -0.3 is 0 Å². The summed E-state index contributed by atoms with van der Waals surface area (Å²) >= 11 is 5.37. The Morgan fingerprint density at radius 3 is 1.50 bits per heavy atom. The molecule has 2 atom stereocenters. The van der Waals surface area contributed by atoms with Gasteiger partial charge in [0.1, 0.15) is 0 Å². The van der Waals surface area contributed by atoms with E-state index in [1.54, 1.807) is 0 Å². The number of hydrogen-bond donors (Lipinski definition) is 0. The molecule has 0 nitrogen and oxygen atoms in total. The summed E-state index contributed by atoms with van der Waals surface area (Å²) in [6.07, 6.45) is 0. The van der Waals surface area contributed by atoms with Gasteiger partial charge in [-0.1, -0.05) is 0 Å². The first-order chi connectivity index (χ1) is 4.62. The zero-order valence-electron chi connectivity index (χ0n) is 6.05. The molecule has 0 aliphatic carbocycles. The van der Waals surface area contributed by atoms with Crippen molar-refractivity contribution >= 4 is 57.6 Å². The van der Waals surface area contributed by atoms with Gasteiger partial charge in [-0.15, -0.1) is 0 Å². The monoisotopic (exact) mass is 406 g/mol. The second-order valence-electron chi connectivity index (χ2n) is 3.01. The Labute approximate surface area is 87.4 Å². The van der Waals surface area contributed by atoms with Crippen LogP contribution in [0.1, 0.15) is 13.8 Å². The summed E-state index contributed by atoms with van der Waals surface area (Å²) in [5.41, 5.74) is 0. The van der Waals surface area contributed by atoms with E-state index < -0.39 is 0 Å². The maximum atomic E-state index is 2.49. The molecule has 58 valence electrons. The molecule has 0 N–H and O–H groups in total. The molecule has 0 aromatic carbocycles. The normalized spacial score (nSPS) is 51.0. The molecule has 0 bridgehead atoms. The van der Waals surface area contributed by atoms with Crippen LogP contribution in [0.25, 0.3) is 0 Å². The van der Waals surface area contributed by atoms with Crippen LogP contribution in [0.4, 0.5) is 0 Å². The van der Waals surface area contributed by atoms with Gasteiger partial charge in [-0.05, 0) is 0 Å². The van der Waals surface area contributed by atoms with Crippen molar-refractivity contribution in [3.63, 3.8) is 0 Å². The van der Waals surface area contributed by atoms with Crippen LogP contribution in [0, 0.1) is 0 Å². The molecule has 0 aromatic rings. The molecule has 0 saturated carbocycles. The Balaban J connectivity index is 1.72. The van der Waals surface area contributed by atoms with Crippen molar-refractivity contribution in [1.29, 1.82) is 0 Å². The van der Waals surface area contributed by atoms with Gasteiger partial charge >= 0.3 is 88.6 Å². The van der Waals surface area contributed by atoms with Gasteiger partial charge in [0, 0.05) is 0 Å². The summed E-state index contributed by atoms with van der Waals surface area (Å²) in [5.74, 6) is 3.00. The van der Waals surface area contributed by atoms with Gasteiger partial charge in [0.05, 0.1) is 0 Å². The second-order valence-corrected chi connectivity index (χ2v) is 20.1. The molecule has 2 fully saturated rings. The van der Waals surface area contributed by atoms with Crippen LogP contribution in [-0.4, -0.2) is 51.2 Å². The summed E-state index contributed by atoms with van der Waals surface area (Å²) < 4.78 is 1.78. The summed E-state index contributed by atoms with van der Waals surface area (Å²) in [4.78, 5) is 0. The summed E-state index contributed by atoms with van der Waals surface area (Å²) in [5, 5.41) is 0. The van der Waals surface area contributed by atoms with E-state index in [2.05, 4.69) is 37.4 Å². The van der Waals surface area contributed by atoms with E-state index in [9.17, 15) is 0 Å². The van der Waals surface area contributed by atoms with Crippen molar-refractivity contribution in [3.05, 3.63) is 0 Å². The first-order valence-electron chi connectivity index (χ1n) is 3.27. The molecular formula is C6H10S2Te2. The van der Waals surface area contributed by atoms with Crippen LogP contribution in [0.2, 0.25) is 0 Å². The molecule has 2 heterocycles. The molecule has 2 unspecified atom stereocenters. The molecule has 0 radical (unpaired) electrons. The van der Waals surface area contributed by atoms with E-state index in [-0.39, 0.29) is 0 Å². The minimum absolute atomic E-state index is 0.467. The third kappa shape index (κ3) is 2.38. The van der Waals surface area contributed by atoms with Crippen molar-refractivity contribution in [2.75, 3.05) is 11.5 Å². The quantitative estimate of drug-likeness (QED) is 0.516. The topological polar surface area (TPSA) is 0 Å². The number of thioether (sulfide) groups is 2. The van der Waals surface area contributed by atoms with Crippen LogP contribution in [0.3, 0.4) is 0 Å². The zero-order chi connectivity index (χ0) is 7.24. The van der Waals surface area contributed by atoms with Gasteiger partial charge in [-0.2, -0.15) is 0 Å². The zero-order valence-corrected chi connectivity index (χ0v) is 12.3. The molecule has 2 rings (SSSR count). The minimum atomic E-state index is 0.467. The summed E-state index contributed by atoms with van der Waals surface area (Å²) in [6.45, 7) is 4.97. The van der Waals surface area contributed by atoms with E-state index in [1.807, 2.05) is 0 Å². The molecule has 0 spiro atoms. The Kier molecular flexibility index (Phi) is 2.57. The van der Waals surface area contributed by atoms with Crippen LogP contribution in [0.15, 0.2) is 0 Å². The molecule has 2 aliphatic heterocycles. The summed E-state index contributed by atoms with van der Waals surface area (Å²) in [6, 6.07) is 0. The molecular weight excluding hydrogens is 391 g/mol. The standard InChI is InChI=1S/C6H10S2Te2/c1-5(3-7-5)9-10-6(2)4-8-6/h3-4H2,1-2H3. The Bertz CT molecular complexity index is 134. The van der Waals surface area contributed by atoms with E-state index in [4.69, 9.17) is 0 Å². The Hall–Kier alpha value is 2.28. The van der Waals surface area contributed by atoms with Crippen molar-refractivity contribution < 1.29 is 0 Å². The molecule has 0 aromatic heterocycles. The van der Waals surface area contributed by atoms with Crippen LogP contribution in [0.5, 0.6) is 0 Å². The van der Waals surface area contributed by atoms with Crippen molar-refractivity contribution in [2.45, 2.75) is 19.4 Å². The van der Waals surface area contributed by atoms with Crippen LogP contribution < -0.4 is 0 Å². The Morgan fingerprint density at radius 2 is 1.30 bits per heavy atom.